The Morgan fingerprint density at radius 1 is 1.44 bits per heavy atom. The largest absolute Gasteiger partial charge is 0.469 e. The summed E-state index contributed by atoms with van der Waals surface area (Å²) in [6.45, 7) is 2.10. The first-order chi connectivity index (χ1) is 7.70. The molecule has 1 aliphatic carbocycles. The van der Waals surface area contributed by atoms with Crippen LogP contribution in [0.1, 0.15) is 41.9 Å². The topological polar surface area (TPSA) is 26.3 Å². The van der Waals surface area contributed by atoms with Gasteiger partial charge in [-0.2, -0.15) is 0 Å². The molecular formula is C14H18O2. The number of ether oxygens (including phenoxy) is 1. The van der Waals surface area contributed by atoms with Gasteiger partial charge in [0.15, 0.2) is 0 Å². The molecule has 1 aromatic rings. The molecule has 2 rings (SSSR count). The Labute approximate surface area is 96.6 Å². The number of esters is 1. The van der Waals surface area contributed by atoms with Crippen molar-refractivity contribution >= 4 is 5.97 Å². The zero-order chi connectivity index (χ0) is 11.5. The van der Waals surface area contributed by atoms with Crippen LogP contribution in [0, 0.1) is 6.92 Å². The maximum atomic E-state index is 11.1. The van der Waals surface area contributed by atoms with Crippen LogP contribution in [-0.4, -0.2) is 13.1 Å². The van der Waals surface area contributed by atoms with Crippen molar-refractivity contribution in [2.24, 2.45) is 0 Å². The SMILES string of the molecule is COC(=O)CCc1cc(C)ccc1C1CC1. The third-order valence-electron chi connectivity index (χ3n) is 3.14. The molecule has 0 amide bonds. The average molecular weight is 218 g/mol. The Morgan fingerprint density at radius 3 is 2.81 bits per heavy atom. The quantitative estimate of drug-likeness (QED) is 0.726. The van der Waals surface area contributed by atoms with E-state index in [2.05, 4.69) is 29.9 Å². The van der Waals surface area contributed by atoms with Crippen molar-refractivity contribution in [1.82, 2.24) is 0 Å². The number of methoxy groups -OCH3 is 1. The summed E-state index contributed by atoms with van der Waals surface area (Å²) in [4.78, 5) is 11.1. The first-order valence-corrected chi connectivity index (χ1v) is 5.87. The van der Waals surface area contributed by atoms with Crippen molar-refractivity contribution in [3.63, 3.8) is 0 Å². The van der Waals surface area contributed by atoms with Crippen LogP contribution in [0.5, 0.6) is 0 Å². The number of carbonyl (C=O) groups is 1. The minimum absolute atomic E-state index is 0.122. The lowest BCUT2D eigenvalue weighted by atomic mass is 9.97. The molecule has 0 aliphatic heterocycles. The van der Waals surface area contributed by atoms with Crippen LogP contribution < -0.4 is 0 Å². The van der Waals surface area contributed by atoms with Crippen LogP contribution in [-0.2, 0) is 16.0 Å². The first-order valence-electron chi connectivity index (χ1n) is 5.87. The molecule has 0 saturated heterocycles. The number of rotatable bonds is 4. The Bertz CT molecular complexity index is 392. The van der Waals surface area contributed by atoms with E-state index in [-0.39, 0.29) is 5.97 Å². The van der Waals surface area contributed by atoms with Crippen LogP contribution in [0.3, 0.4) is 0 Å². The molecule has 2 heteroatoms. The summed E-state index contributed by atoms with van der Waals surface area (Å²) in [5.74, 6) is 0.622. The van der Waals surface area contributed by atoms with Gasteiger partial charge in [0.2, 0.25) is 0 Å². The third-order valence-corrected chi connectivity index (χ3v) is 3.14. The molecule has 1 fully saturated rings. The van der Waals surface area contributed by atoms with E-state index in [1.807, 2.05) is 0 Å². The zero-order valence-electron chi connectivity index (χ0n) is 9.95. The lowest BCUT2D eigenvalue weighted by molar-refractivity contribution is -0.140. The second-order valence-corrected chi connectivity index (χ2v) is 4.55. The molecule has 0 aromatic heterocycles. The molecule has 0 heterocycles. The number of carbonyl (C=O) groups excluding carboxylic acids is 1. The van der Waals surface area contributed by atoms with E-state index in [9.17, 15) is 4.79 Å². The molecule has 0 atom stereocenters. The number of hydrogen-bond donors (Lipinski definition) is 0. The van der Waals surface area contributed by atoms with Crippen LogP contribution in [0.2, 0.25) is 0 Å². The molecule has 16 heavy (non-hydrogen) atoms. The van der Waals surface area contributed by atoms with E-state index >= 15 is 0 Å². The molecule has 0 radical (unpaired) electrons. The highest BCUT2D eigenvalue weighted by atomic mass is 16.5. The first kappa shape index (κ1) is 11.2. The highest BCUT2D eigenvalue weighted by molar-refractivity contribution is 5.69. The molecular weight excluding hydrogens is 200 g/mol. The average Bonchev–Trinajstić information content (AvgIpc) is 3.10. The van der Waals surface area contributed by atoms with Crippen molar-refractivity contribution in [3.8, 4) is 0 Å². The monoisotopic (exact) mass is 218 g/mol. The van der Waals surface area contributed by atoms with Crippen molar-refractivity contribution in [2.75, 3.05) is 7.11 Å². The van der Waals surface area contributed by atoms with Crippen LogP contribution in [0.25, 0.3) is 0 Å². The number of benzene rings is 1. The van der Waals surface area contributed by atoms with Gasteiger partial charge in [-0.25, -0.2) is 0 Å². The second kappa shape index (κ2) is 4.69. The zero-order valence-corrected chi connectivity index (χ0v) is 9.95. The smallest absolute Gasteiger partial charge is 0.305 e. The van der Waals surface area contributed by atoms with Gasteiger partial charge in [-0.05, 0) is 43.2 Å². The summed E-state index contributed by atoms with van der Waals surface area (Å²) in [7, 11) is 1.44. The fourth-order valence-corrected chi connectivity index (χ4v) is 2.08. The highest BCUT2D eigenvalue weighted by Crippen LogP contribution is 2.42. The van der Waals surface area contributed by atoms with E-state index in [0.717, 1.165) is 12.3 Å². The van der Waals surface area contributed by atoms with E-state index < -0.39 is 0 Å². The van der Waals surface area contributed by atoms with Crippen molar-refractivity contribution in [3.05, 3.63) is 34.9 Å². The minimum Gasteiger partial charge on any atom is -0.469 e. The Balaban J connectivity index is 2.11. The lowest BCUT2D eigenvalue weighted by Gasteiger charge is -2.09. The van der Waals surface area contributed by atoms with Gasteiger partial charge in [0, 0.05) is 6.42 Å². The predicted molar refractivity (Wildman–Crippen MR) is 63.5 cm³/mol. The summed E-state index contributed by atoms with van der Waals surface area (Å²) < 4.78 is 4.68. The molecule has 2 nitrogen and oxygen atoms in total. The molecule has 0 spiro atoms. The van der Waals surface area contributed by atoms with Gasteiger partial charge in [0.1, 0.15) is 0 Å². The van der Waals surface area contributed by atoms with Gasteiger partial charge >= 0.3 is 5.97 Å². The number of aryl methyl sites for hydroxylation is 2. The summed E-state index contributed by atoms with van der Waals surface area (Å²) in [6.07, 6.45) is 3.89. The molecule has 1 aromatic carbocycles. The van der Waals surface area contributed by atoms with Gasteiger partial charge in [-0.1, -0.05) is 23.8 Å². The molecule has 86 valence electrons. The molecule has 1 saturated carbocycles. The summed E-state index contributed by atoms with van der Waals surface area (Å²) >= 11 is 0. The van der Waals surface area contributed by atoms with Gasteiger partial charge in [0.25, 0.3) is 0 Å². The summed E-state index contributed by atoms with van der Waals surface area (Å²) in [5.41, 5.74) is 4.03. The van der Waals surface area contributed by atoms with Gasteiger partial charge in [-0.3, -0.25) is 4.79 Å². The number of hydrogen-bond acceptors (Lipinski definition) is 2. The maximum Gasteiger partial charge on any atom is 0.305 e. The molecule has 1 aliphatic rings. The predicted octanol–water partition coefficient (Wildman–Crippen LogP) is 2.98. The van der Waals surface area contributed by atoms with Gasteiger partial charge in [-0.15, -0.1) is 0 Å². The van der Waals surface area contributed by atoms with Crippen LogP contribution in [0.4, 0.5) is 0 Å². The normalized spacial score (nSPS) is 14.9. The lowest BCUT2D eigenvalue weighted by Crippen LogP contribution is -2.03. The van der Waals surface area contributed by atoms with Crippen molar-refractivity contribution in [1.29, 1.82) is 0 Å². The molecule has 0 bridgehead atoms. The molecule has 0 unspecified atom stereocenters. The Kier molecular flexibility index (Phi) is 3.28. The minimum atomic E-state index is -0.122. The van der Waals surface area contributed by atoms with Crippen LogP contribution >= 0.6 is 0 Å². The third kappa shape index (κ3) is 2.63. The Hall–Kier alpha value is -1.31. The summed E-state index contributed by atoms with van der Waals surface area (Å²) in [6, 6.07) is 6.59. The van der Waals surface area contributed by atoms with E-state index in [1.54, 1.807) is 0 Å². The highest BCUT2D eigenvalue weighted by Gasteiger charge is 2.25. The van der Waals surface area contributed by atoms with E-state index in [1.165, 1.54) is 36.6 Å². The standard InChI is InChI=1S/C14H18O2/c1-10-3-7-13(11-4-5-11)12(9-10)6-8-14(15)16-2/h3,7,9,11H,4-6,8H2,1-2H3. The van der Waals surface area contributed by atoms with Crippen molar-refractivity contribution < 1.29 is 9.53 Å². The Morgan fingerprint density at radius 2 is 2.19 bits per heavy atom. The maximum absolute atomic E-state index is 11.1. The molecule has 0 N–H and O–H groups in total. The van der Waals surface area contributed by atoms with Crippen molar-refractivity contribution in [2.45, 2.75) is 38.5 Å². The second-order valence-electron chi connectivity index (χ2n) is 4.55. The van der Waals surface area contributed by atoms with E-state index in [4.69, 9.17) is 0 Å². The van der Waals surface area contributed by atoms with Gasteiger partial charge < -0.3 is 4.74 Å². The fraction of sp³-hybridized carbons (Fsp3) is 0.500. The van der Waals surface area contributed by atoms with E-state index in [0.29, 0.717) is 6.42 Å². The van der Waals surface area contributed by atoms with Gasteiger partial charge in [0.05, 0.1) is 7.11 Å². The summed E-state index contributed by atoms with van der Waals surface area (Å²) in [5, 5.41) is 0. The van der Waals surface area contributed by atoms with Crippen LogP contribution in [0.15, 0.2) is 18.2 Å². The fourth-order valence-electron chi connectivity index (χ4n) is 2.08.